The van der Waals surface area contributed by atoms with Gasteiger partial charge in [0.2, 0.25) is 0 Å². The van der Waals surface area contributed by atoms with Crippen molar-refractivity contribution in [3.05, 3.63) is 29.6 Å². The standard InChI is InChI=1S/C20H28FN3O/c1-14-5-3-9-23(12-14)20(24-10-4-6-15(2)13-24)17-11-16(21)7-8-18(17)22-19(20)25/h7-8,11,14-15H,3-6,9-10,12-13H2,1-2H3,(H,22,25)/t14-,15+,20?. The molecule has 3 aliphatic rings. The third-order valence-electron chi connectivity index (χ3n) is 6.15. The minimum absolute atomic E-state index is 0.00343. The first-order chi connectivity index (χ1) is 12.0. The molecule has 0 radical (unpaired) electrons. The number of hydrogen-bond acceptors (Lipinski definition) is 3. The highest BCUT2D eigenvalue weighted by Gasteiger charge is 2.56. The number of piperidine rings is 2. The van der Waals surface area contributed by atoms with Crippen molar-refractivity contribution in [2.45, 2.75) is 45.2 Å². The zero-order valence-electron chi connectivity index (χ0n) is 15.2. The number of benzene rings is 1. The predicted octanol–water partition coefficient (Wildman–Crippen LogP) is 3.39. The van der Waals surface area contributed by atoms with Crippen LogP contribution in [0.1, 0.15) is 45.1 Å². The maximum Gasteiger partial charge on any atom is 0.264 e. The fraction of sp³-hybridized carbons (Fsp3) is 0.650. The van der Waals surface area contributed by atoms with Gasteiger partial charge in [-0.05, 0) is 55.7 Å². The number of hydrogen-bond donors (Lipinski definition) is 1. The fourth-order valence-corrected chi connectivity index (χ4v) is 5.04. The monoisotopic (exact) mass is 345 g/mol. The summed E-state index contributed by atoms with van der Waals surface area (Å²) in [6.07, 6.45) is 4.57. The molecule has 0 spiro atoms. The Morgan fingerprint density at radius 3 is 2.24 bits per heavy atom. The van der Waals surface area contributed by atoms with Crippen molar-refractivity contribution >= 4 is 11.6 Å². The molecule has 0 bridgehead atoms. The molecule has 0 saturated carbocycles. The second-order valence-corrected chi connectivity index (χ2v) is 8.20. The van der Waals surface area contributed by atoms with Gasteiger partial charge in [0.1, 0.15) is 5.82 Å². The molecule has 1 aromatic carbocycles. The van der Waals surface area contributed by atoms with Crippen molar-refractivity contribution in [3.8, 4) is 0 Å². The molecule has 3 heterocycles. The predicted molar refractivity (Wildman–Crippen MR) is 96.6 cm³/mol. The number of halogens is 1. The fourth-order valence-electron chi connectivity index (χ4n) is 5.04. The Morgan fingerprint density at radius 2 is 1.68 bits per heavy atom. The number of amides is 1. The summed E-state index contributed by atoms with van der Waals surface area (Å²) in [5.41, 5.74) is 0.726. The molecule has 2 saturated heterocycles. The van der Waals surface area contributed by atoms with E-state index in [0.29, 0.717) is 11.8 Å². The van der Waals surface area contributed by atoms with Gasteiger partial charge in [-0.25, -0.2) is 4.39 Å². The Bertz CT molecular complexity index is 655. The molecule has 1 amide bonds. The van der Waals surface area contributed by atoms with Gasteiger partial charge >= 0.3 is 0 Å². The third-order valence-corrected chi connectivity index (χ3v) is 6.15. The Balaban J connectivity index is 1.85. The second-order valence-electron chi connectivity index (χ2n) is 8.20. The summed E-state index contributed by atoms with van der Waals surface area (Å²) in [6.45, 7) is 8.04. The van der Waals surface area contributed by atoms with Crippen LogP contribution in [0.4, 0.5) is 10.1 Å². The van der Waals surface area contributed by atoms with Crippen LogP contribution < -0.4 is 5.32 Å². The lowest BCUT2D eigenvalue weighted by molar-refractivity contribution is -0.151. The number of rotatable bonds is 2. The number of nitrogens with zero attached hydrogens (tertiary/aromatic N) is 2. The Hall–Kier alpha value is -1.46. The lowest BCUT2D eigenvalue weighted by Crippen LogP contribution is -2.65. The minimum atomic E-state index is -0.846. The van der Waals surface area contributed by atoms with Gasteiger partial charge < -0.3 is 5.32 Å². The number of fused-ring (bicyclic) bond motifs is 1. The van der Waals surface area contributed by atoms with Crippen LogP contribution in [0.3, 0.4) is 0 Å². The first kappa shape index (κ1) is 17.0. The molecular weight excluding hydrogens is 317 g/mol. The normalized spacial score (nSPS) is 34.0. The van der Waals surface area contributed by atoms with E-state index in [4.69, 9.17) is 0 Å². The van der Waals surface area contributed by atoms with E-state index >= 15 is 0 Å². The van der Waals surface area contributed by atoms with Gasteiger partial charge in [-0.1, -0.05) is 13.8 Å². The Morgan fingerprint density at radius 1 is 1.08 bits per heavy atom. The zero-order chi connectivity index (χ0) is 17.6. The van der Waals surface area contributed by atoms with Gasteiger partial charge in [-0.3, -0.25) is 14.6 Å². The molecule has 2 fully saturated rings. The maximum atomic E-state index is 14.1. The van der Waals surface area contributed by atoms with Crippen LogP contribution in [0.15, 0.2) is 18.2 Å². The van der Waals surface area contributed by atoms with Crippen molar-refractivity contribution in [2.75, 3.05) is 31.5 Å². The highest BCUT2D eigenvalue weighted by Crippen LogP contribution is 2.46. The first-order valence-electron chi connectivity index (χ1n) is 9.63. The highest BCUT2D eigenvalue weighted by atomic mass is 19.1. The highest BCUT2D eigenvalue weighted by molar-refractivity contribution is 6.05. The van der Waals surface area contributed by atoms with E-state index in [0.717, 1.165) is 50.3 Å². The van der Waals surface area contributed by atoms with Gasteiger partial charge in [-0.2, -0.15) is 0 Å². The SMILES string of the molecule is C[C@@H]1CCCN(C2(N3CCC[C@H](C)C3)C(=O)Nc3ccc(F)cc32)C1. The van der Waals surface area contributed by atoms with Crippen LogP contribution in [0.2, 0.25) is 0 Å². The van der Waals surface area contributed by atoms with Crippen molar-refractivity contribution in [1.82, 2.24) is 9.80 Å². The molecule has 4 nitrogen and oxygen atoms in total. The van der Waals surface area contributed by atoms with Crippen LogP contribution in [0, 0.1) is 17.7 Å². The number of carbonyl (C=O) groups excluding carboxylic acids is 1. The van der Waals surface area contributed by atoms with Gasteiger partial charge in [-0.15, -0.1) is 0 Å². The topological polar surface area (TPSA) is 35.6 Å². The average molecular weight is 345 g/mol. The van der Waals surface area contributed by atoms with E-state index in [9.17, 15) is 9.18 Å². The molecule has 3 aliphatic heterocycles. The summed E-state index contributed by atoms with van der Waals surface area (Å²) in [5, 5.41) is 3.05. The molecule has 136 valence electrons. The summed E-state index contributed by atoms with van der Waals surface area (Å²) in [5.74, 6) is 0.836. The molecule has 5 heteroatoms. The first-order valence-corrected chi connectivity index (χ1v) is 9.63. The summed E-state index contributed by atoms with van der Waals surface area (Å²) in [6, 6.07) is 4.73. The van der Waals surface area contributed by atoms with Gasteiger partial charge in [0, 0.05) is 37.4 Å². The van der Waals surface area contributed by atoms with E-state index in [1.165, 1.54) is 18.9 Å². The summed E-state index contributed by atoms with van der Waals surface area (Å²) in [7, 11) is 0. The van der Waals surface area contributed by atoms with Gasteiger partial charge in [0.15, 0.2) is 5.66 Å². The van der Waals surface area contributed by atoms with Crippen LogP contribution in [0.5, 0.6) is 0 Å². The lowest BCUT2D eigenvalue weighted by Gasteiger charge is -2.51. The maximum absolute atomic E-state index is 14.1. The van der Waals surface area contributed by atoms with Gasteiger partial charge in [0.25, 0.3) is 5.91 Å². The summed E-state index contributed by atoms with van der Waals surface area (Å²) < 4.78 is 14.1. The molecule has 0 aliphatic carbocycles. The van der Waals surface area contributed by atoms with Crippen LogP contribution >= 0.6 is 0 Å². The molecule has 3 atom stereocenters. The lowest BCUT2D eigenvalue weighted by atomic mass is 9.88. The number of nitrogens with one attached hydrogen (secondary N) is 1. The van der Waals surface area contributed by atoms with Crippen LogP contribution in [-0.2, 0) is 10.5 Å². The van der Waals surface area contributed by atoms with E-state index in [2.05, 4.69) is 29.0 Å². The zero-order valence-corrected chi connectivity index (χ0v) is 15.2. The largest absolute Gasteiger partial charge is 0.323 e. The summed E-state index contributed by atoms with van der Waals surface area (Å²) >= 11 is 0. The van der Waals surface area contributed by atoms with Gasteiger partial charge in [0.05, 0.1) is 0 Å². The van der Waals surface area contributed by atoms with Crippen molar-refractivity contribution < 1.29 is 9.18 Å². The van der Waals surface area contributed by atoms with Crippen LogP contribution in [-0.4, -0.2) is 41.9 Å². The van der Waals surface area contributed by atoms with Crippen molar-refractivity contribution in [2.24, 2.45) is 11.8 Å². The molecule has 1 unspecified atom stereocenters. The Kier molecular flexibility index (Phi) is 4.32. The van der Waals surface area contributed by atoms with E-state index in [1.807, 2.05) is 0 Å². The van der Waals surface area contributed by atoms with Crippen molar-refractivity contribution in [1.29, 1.82) is 0 Å². The van der Waals surface area contributed by atoms with E-state index in [-0.39, 0.29) is 11.7 Å². The second kappa shape index (κ2) is 6.36. The molecule has 4 rings (SSSR count). The molecule has 1 N–H and O–H groups in total. The average Bonchev–Trinajstić information content (AvgIpc) is 2.87. The Labute approximate surface area is 149 Å². The third kappa shape index (κ3) is 2.68. The quantitative estimate of drug-likeness (QED) is 0.892. The van der Waals surface area contributed by atoms with Crippen LogP contribution in [0.25, 0.3) is 0 Å². The minimum Gasteiger partial charge on any atom is -0.323 e. The molecule has 25 heavy (non-hydrogen) atoms. The number of anilines is 1. The van der Waals surface area contributed by atoms with E-state index < -0.39 is 5.66 Å². The van der Waals surface area contributed by atoms with Crippen molar-refractivity contribution in [3.63, 3.8) is 0 Å². The number of carbonyl (C=O) groups is 1. The molecule has 1 aromatic rings. The molecular formula is C20H28FN3O. The smallest absolute Gasteiger partial charge is 0.264 e. The number of likely N-dealkylation sites (tertiary alicyclic amines) is 2. The van der Waals surface area contributed by atoms with E-state index in [1.54, 1.807) is 12.1 Å². The molecule has 0 aromatic heterocycles. The summed E-state index contributed by atoms with van der Waals surface area (Å²) in [4.78, 5) is 18.0.